The van der Waals surface area contributed by atoms with Crippen LogP contribution in [0.2, 0.25) is 0 Å². The molecule has 0 fully saturated rings. The molecule has 12 heteroatoms. The van der Waals surface area contributed by atoms with Crippen molar-refractivity contribution in [2.45, 2.75) is 19.6 Å². The molecule has 9 nitrogen and oxygen atoms in total. The number of pyridine rings is 1. The highest BCUT2D eigenvalue weighted by molar-refractivity contribution is 5.95. The molecular formula is C22H22F3N7O2. The van der Waals surface area contributed by atoms with E-state index in [0.717, 1.165) is 0 Å². The minimum atomic E-state index is -4.67. The molecule has 2 aromatic heterocycles. The summed E-state index contributed by atoms with van der Waals surface area (Å²) in [6.07, 6.45) is -2.38. The summed E-state index contributed by atoms with van der Waals surface area (Å²) in [5.41, 5.74) is 0.404. The number of hydrogen-bond donors (Lipinski definition) is 4. The number of carbonyl (C=O) groups excluding carboxylic acids is 2. The van der Waals surface area contributed by atoms with Gasteiger partial charge in [-0.1, -0.05) is 12.1 Å². The first-order valence-corrected chi connectivity index (χ1v) is 10.2. The van der Waals surface area contributed by atoms with Crippen molar-refractivity contribution in [3.63, 3.8) is 0 Å². The van der Waals surface area contributed by atoms with E-state index >= 15 is 0 Å². The van der Waals surface area contributed by atoms with Gasteiger partial charge in [0.2, 0.25) is 11.9 Å². The van der Waals surface area contributed by atoms with Crippen LogP contribution in [0, 0.1) is 0 Å². The minimum absolute atomic E-state index is 0.0328. The first-order chi connectivity index (χ1) is 16.2. The third kappa shape index (κ3) is 7.15. The van der Waals surface area contributed by atoms with Crippen LogP contribution < -0.4 is 21.3 Å². The highest BCUT2D eigenvalue weighted by Gasteiger charge is 2.35. The largest absolute Gasteiger partial charge is 0.421 e. The second-order valence-electron chi connectivity index (χ2n) is 7.07. The summed E-state index contributed by atoms with van der Waals surface area (Å²) in [6, 6.07) is 11.7. The molecule has 0 saturated carbocycles. The minimum Gasteiger partial charge on any atom is -0.368 e. The number of carbonyl (C=O) groups is 2. The fraction of sp³-hybridized carbons (Fsp3) is 0.227. The summed E-state index contributed by atoms with van der Waals surface area (Å²) in [6.45, 7) is 1.70. The van der Waals surface area contributed by atoms with E-state index < -0.39 is 17.6 Å². The van der Waals surface area contributed by atoms with E-state index in [2.05, 4.69) is 36.2 Å². The van der Waals surface area contributed by atoms with Crippen molar-refractivity contribution in [1.82, 2.24) is 25.6 Å². The van der Waals surface area contributed by atoms with E-state index in [9.17, 15) is 22.8 Å². The summed E-state index contributed by atoms with van der Waals surface area (Å²) in [5.74, 6) is -1.17. The van der Waals surface area contributed by atoms with E-state index in [0.29, 0.717) is 23.1 Å². The lowest BCUT2D eigenvalue weighted by atomic mass is 10.2. The average molecular weight is 473 g/mol. The van der Waals surface area contributed by atoms with Gasteiger partial charge in [-0.05, 0) is 30.3 Å². The lowest BCUT2D eigenvalue weighted by Crippen LogP contribution is -2.27. The van der Waals surface area contributed by atoms with Gasteiger partial charge in [-0.2, -0.15) is 18.2 Å². The fourth-order valence-electron chi connectivity index (χ4n) is 2.85. The second-order valence-corrected chi connectivity index (χ2v) is 7.07. The van der Waals surface area contributed by atoms with Crippen molar-refractivity contribution >= 4 is 29.3 Å². The van der Waals surface area contributed by atoms with E-state index in [1.54, 1.807) is 36.5 Å². The Balaban J connectivity index is 1.71. The lowest BCUT2D eigenvalue weighted by molar-refractivity contribution is -0.137. The Labute approximate surface area is 193 Å². The molecule has 0 aliphatic heterocycles. The average Bonchev–Trinajstić information content (AvgIpc) is 2.80. The Morgan fingerprint density at radius 2 is 1.82 bits per heavy atom. The Morgan fingerprint density at radius 3 is 2.53 bits per heavy atom. The van der Waals surface area contributed by atoms with Crippen molar-refractivity contribution in [2.24, 2.45) is 0 Å². The number of aromatic nitrogens is 3. The van der Waals surface area contributed by atoms with Crippen LogP contribution in [0.3, 0.4) is 0 Å². The molecular weight excluding hydrogens is 451 g/mol. The quantitative estimate of drug-likeness (QED) is 0.353. The molecule has 178 valence electrons. The summed E-state index contributed by atoms with van der Waals surface area (Å²) >= 11 is 0. The maximum atomic E-state index is 13.3. The van der Waals surface area contributed by atoms with Crippen LogP contribution in [0.5, 0.6) is 0 Å². The highest BCUT2D eigenvalue weighted by Crippen LogP contribution is 2.34. The second kappa shape index (κ2) is 11.1. The Morgan fingerprint density at radius 1 is 1.00 bits per heavy atom. The maximum absolute atomic E-state index is 13.3. The number of rotatable bonds is 9. The zero-order valence-electron chi connectivity index (χ0n) is 18.1. The predicted octanol–water partition coefficient (Wildman–Crippen LogP) is 3.11. The number of alkyl halides is 3. The highest BCUT2D eigenvalue weighted by atomic mass is 19.4. The molecule has 2 amide bonds. The van der Waals surface area contributed by atoms with Crippen LogP contribution in [0.1, 0.15) is 28.5 Å². The van der Waals surface area contributed by atoms with Crippen LogP contribution in [0.15, 0.2) is 54.9 Å². The van der Waals surface area contributed by atoms with Crippen LogP contribution >= 0.6 is 0 Å². The van der Waals surface area contributed by atoms with Crippen molar-refractivity contribution in [1.29, 1.82) is 0 Å². The Kier molecular flexibility index (Phi) is 7.96. The van der Waals surface area contributed by atoms with Gasteiger partial charge >= 0.3 is 6.18 Å². The molecule has 0 radical (unpaired) electrons. The fourth-order valence-corrected chi connectivity index (χ4v) is 2.85. The van der Waals surface area contributed by atoms with Crippen molar-refractivity contribution in [3.8, 4) is 0 Å². The number of anilines is 3. The van der Waals surface area contributed by atoms with E-state index in [1.807, 2.05) is 6.07 Å². The van der Waals surface area contributed by atoms with Crippen molar-refractivity contribution in [2.75, 3.05) is 23.7 Å². The Bertz CT molecular complexity index is 1140. The van der Waals surface area contributed by atoms with Crippen molar-refractivity contribution in [3.05, 3.63) is 71.7 Å². The van der Waals surface area contributed by atoms with E-state index in [1.165, 1.54) is 13.0 Å². The molecule has 0 aliphatic carbocycles. The summed E-state index contributed by atoms with van der Waals surface area (Å²) in [4.78, 5) is 35.2. The number of hydrogen-bond acceptors (Lipinski definition) is 7. The van der Waals surface area contributed by atoms with E-state index in [4.69, 9.17) is 0 Å². The Hall–Kier alpha value is -4.22. The molecule has 0 atom stereocenters. The van der Waals surface area contributed by atoms with Gasteiger partial charge in [-0.25, -0.2) is 4.98 Å². The standard InChI is InChI=1S/C22H22F3N7O2/c1-14(33)26-9-10-28-19-18(22(23,24)25)13-30-21(32-19)31-16-7-4-5-15(11-16)20(34)29-12-17-6-2-3-8-27-17/h2-8,11,13H,9-10,12H2,1H3,(H,26,33)(H,29,34)(H2,28,30,31,32). The number of nitrogens with zero attached hydrogens (tertiary/aromatic N) is 3. The van der Waals surface area contributed by atoms with Crippen LogP contribution in [0.4, 0.5) is 30.6 Å². The monoisotopic (exact) mass is 473 g/mol. The molecule has 1 aromatic carbocycles. The topological polar surface area (TPSA) is 121 Å². The molecule has 0 bridgehead atoms. The van der Waals surface area contributed by atoms with Gasteiger partial charge in [-0.3, -0.25) is 14.6 Å². The summed E-state index contributed by atoms with van der Waals surface area (Å²) in [7, 11) is 0. The van der Waals surface area contributed by atoms with Gasteiger partial charge in [0, 0.05) is 43.7 Å². The number of benzene rings is 1. The molecule has 3 aromatic rings. The normalized spacial score (nSPS) is 10.9. The smallest absolute Gasteiger partial charge is 0.368 e. The number of amides is 2. The molecule has 0 spiro atoms. The van der Waals surface area contributed by atoms with Gasteiger partial charge in [0.25, 0.3) is 5.91 Å². The zero-order chi connectivity index (χ0) is 24.6. The SMILES string of the molecule is CC(=O)NCCNc1nc(Nc2cccc(C(=O)NCc3ccccn3)c2)ncc1C(F)(F)F. The lowest BCUT2D eigenvalue weighted by Gasteiger charge is -2.15. The summed E-state index contributed by atoms with van der Waals surface area (Å²) < 4.78 is 40.0. The molecule has 3 rings (SSSR count). The van der Waals surface area contributed by atoms with Crippen LogP contribution in [-0.4, -0.2) is 39.9 Å². The number of halogens is 3. The molecule has 34 heavy (non-hydrogen) atoms. The van der Waals surface area contributed by atoms with Gasteiger partial charge in [0.05, 0.1) is 12.2 Å². The van der Waals surface area contributed by atoms with Crippen LogP contribution in [0.25, 0.3) is 0 Å². The van der Waals surface area contributed by atoms with Gasteiger partial charge < -0.3 is 21.3 Å². The van der Waals surface area contributed by atoms with Gasteiger partial charge in [-0.15, -0.1) is 0 Å². The number of nitrogens with one attached hydrogen (secondary N) is 4. The van der Waals surface area contributed by atoms with Crippen molar-refractivity contribution < 1.29 is 22.8 Å². The molecule has 2 heterocycles. The molecule has 4 N–H and O–H groups in total. The molecule has 0 unspecified atom stereocenters. The third-order valence-corrected chi connectivity index (χ3v) is 4.42. The first-order valence-electron chi connectivity index (χ1n) is 10.2. The van der Waals surface area contributed by atoms with Gasteiger partial charge in [0.1, 0.15) is 11.4 Å². The summed E-state index contributed by atoms with van der Waals surface area (Å²) in [5, 5.41) is 10.6. The van der Waals surface area contributed by atoms with E-state index in [-0.39, 0.29) is 37.4 Å². The first kappa shape index (κ1) is 24.4. The predicted molar refractivity (Wildman–Crippen MR) is 119 cm³/mol. The zero-order valence-corrected chi connectivity index (χ0v) is 18.1. The maximum Gasteiger partial charge on any atom is 0.421 e. The van der Waals surface area contributed by atoms with Gasteiger partial charge in [0.15, 0.2) is 0 Å². The third-order valence-electron chi connectivity index (χ3n) is 4.42. The van der Waals surface area contributed by atoms with Crippen LogP contribution in [-0.2, 0) is 17.5 Å². The molecule has 0 saturated heterocycles. The molecule has 0 aliphatic rings.